The summed E-state index contributed by atoms with van der Waals surface area (Å²) in [6, 6.07) is 11.9. The number of benzene rings is 1. The summed E-state index contributed by atoms with van der Waals surface area (Å²) in [4.78, 5) is 23.3. The van der Waals surface area contributed by atoms with Crippen molar-refractivity contribution < 1.29 is 4.79 Å². The molecule has 5 rings (SSSR count). The van der Waals surface area contributed by atoms with Crippen molar-refractivity contribution in [3.63, 3.8) is 0 Å². The Kier molecular flexibility index (Phi) is 6.73. The van der Waals surface area contributed by atoms with Gasteiger partial charge in [0, 0.05) is 41.0 Å². The molecule has 0 radical (unpaired) electrons. The molecule has 2 heterocycles. The molecule has 0 saturated heterocycles. The van der Waals surface area contributed by atoms with Crippen molar-refractivity contribution in [2.45, 2.75) is 45.2 Å². The second-order valence-electron chi connectivity index (χ2n) is 9.34. The Balaban J connectivity index is 1.42. The summed E-state index contributed by atoms with van der Waals surface area (Å²) in [5.74, 6) is 0.446. The van der Waals surface area contributed by atoms with Gasteiger partial charge in [0.15, 0.2) is 0 Å². The SMILES string of the molecule is CNc1c(C(=O)Nc2cccc(NCc3cccc(C)n3)c2C(=N)C2CC2)csc1C(N)=NC1CC1. The van der Waals surface area contributed by atoms with Crippen LogP contribution in [0.5, 0.6) is 0 Å². The first-order chi connectivity index (χ1) is 17.4. The molecule has 9 heteroatoms. The molecule has 8 nitrogen and oxygen atoms in total. The van der Waals surface area contributed by atoms with E-state index in [9.17, 15) is 4.79 Å². The molecule has 0 unspecified atom stereocenters. The van der Waals surface area contributed by atoms with Crippen LogP contribution >= 0.6 is 11.3 Å². The van der Waals surface area contributed by atoms with E-state index in [1.807, 2.05) is 48.7 Å². The molecule has 0 bridgehead atoms. The Morgan fingerprint density at radius 2 is 1.92 bits per heavy atom. The number of amidine groups is 1. The van der Waals surface area contributed by atoms with Gasteiger partial charge in [-0.15, -0.1) is 11.3 Å². The maximum Gasteiger partial charge on any atom is 0.258 e. The number of aromatic nitrogens is 1. The van der Waals surface area contributed by atoms with Crippen LogP contribution in [0.2, 0.25) is 0 Å². The lowest BCUT2D eigenvalue weighted by Crippen LogP contribution is -2.19. The molecule has 2 saturated carbocycles. The summed E-state index contributed by atoms with van der Waals surface area (Å²) in [5, 5.41) is 20.3. The van der Waals surface area contributed by atoms with Crippen LogP contribution in [0.3, 0.4) is 0 Å². The van der Waals surface area contributed by atoms with Crippen LogP contribution in [0, 0.1) is 18.3 Å². The molecule has 2 aliphatic carbocycles. The molecule has 3 aromatic rings. The predicted octanol–water partition coefficient (Wildman–Crippen LogP) is 5.00. The lowest BCUT2D eigenvalue weighted by Gasteiger charge is -2.18. The van der Waals surface area contributed by atoms with Gasteiger partial charge >= 0.3 is 0 Å². The van der Waals surface area contributed by atoms with Crippen molar-refractivity contribution in [1.29, 1.82) is 5.41 Å². The third-order valence-corrected chi connectivity index (χ3v) is 7.36. The molecule has 0 spiro atoms. The third kappa shape index (κ3) is 5.26. The number of thiophene rings is 1. The fraction of sp³-hybridized carbons (Fsp3) is 0.333. The van der Waals surface area contributed by atoms with E-state index in [2.05, 4.69) is 25.9 Å². The van der Waals surface area contributed by atoms with E-state index >= 15 is 0 Å². The van der Waals surface area contributed by atoms with E-state index in [4.69, 9.17) is 11.1 Å². The van der Waals surface area contributed by atoms with E-state index < -0.39 is 0 Å². The van der Waals surface area contributed by atoms with E-state index in [0.717, 1.165) is 53.2 Å². The number of nitrogens with one attached hydrogen (secondary N) is 4. The van der Waals surface area contributed by atoms with Gasteiger partial charge in [-0.3, -0.25) is 14.8 Å². The largest absolute Gasteiger partial charge is 0.386 e. The number of pyridine rings is 1. The fourth-order valence-corrected chi connectivity index (χ4v) is 5.13. The van der Waals surface area contributed by atoms with Crippen LogP contribution in [-0.4, -0.2) is 35.5 Å². The average molecular weight is 502 g/mol. The number of nitrogens with zero attached hydrogens (tertiary/aromatic N) is 2. The molecular weight excluding hydrogens is 470 g/mol. The van der Waals surface area contributed by atoms with E-state index in [0.29, 0.717) is 41.1 Å². The van der Waals surface area contributed by atoms with Gasteiger partial charge in [-0.2, -0.15) is 0 Å². The normalized spacial score (nSPS) is 15.4. The van der Waals surface area contributed by atoms with Gasteiger partial charge in [-0.1, -0.05) is 12.1 Å². The Bertz CT molecular complexity index is 1340. The molecule has 1 amide bonds. The van der Waals surface area contributed by atoms with Crippen molar-refractivity contribution in [2.75, 3.05) is 23.0 Å². The number of hydrogen-bond donors (Lipinski definition) is 5. The molecule has 36 heavy (non-hydrogen) atoms. The standard InChI is InChI=1S/C27H31N7OS/c1-15-5-3-6-18(32-15)13-31-20-7-4-8-21(22(20)23(28)16-9-10-16)34-27(35)19-14-36-25(24(19)30-2)26(29)33-17-11-12-17/h3-8,14,16-17,28,30-31H,9-13H2,1-2H3,(H2,29,33)(H,34,35). The molecule has 0 atom stereocenters. The highest BCUT2D eigenvalue weighted by atomic mass is 32.1. The quantitative estimate of drug-likeness (QED) is 0.197. The van der Waals surface area contributed by atoms with E-state index in [-0.39, 0.29) is 11.8 Å². The first-order valence-electron chi connectivity index (χ1n) is 12.3. The topological polar surface area (TPSA) is 128 Å². The monoisotopic (exact) mass is 501 g/mol. The second-order valence-corrected chi connectivity index (χ2v) is 10.2. The summed E-state index contributed by atoms with van der Waals surface area (Å²) in [7, 11) is 1.78. The third-order valence-electron chi connectivity index (χ3n) is 6.36. The zero-order valence-electron chi connectivity index (χ0n) is 20.5. The lowest BCUT2D eigenvalue weighted by molar-refractivity contribution is 0.102. The van der Waals surface area contributed by atoms with Gasteiger partial charge in [0.05, 0.1) is 40.1 Å². The number of anilines is 3. The molecule has 2 aromatic heterocycles. The predicted molar refractivity (Wildman–Crippen MR) is 148 cm³/mol. The van der Waals surface area contributed by atoms with Gasteiger partial charge in [-0.05, 0) is 56.9 Å². The van der Waals surface area contributed by atoms with Gasteiger partial charge in [0.25, 0.3) is 5.91 Å². The molecule has 2 fully saturated rings. The van der Waals surface area contributed by atoms with Crippen molar-refractivity contribution in [3.8, 4) is 0 Å². The summed E-state index contributed by atoms with van der Waals surface area (Å²) < 4.78 is 0. The number of amides is 1. The van der Waals surface area contributed by atoms with Crippen molar-refractivity contribution in [1.82, 2.24) is 4.98 Å². The summed E-state index contributed by atoms with van der Waals surface area (Å²) in [5.41, 5.74) is 12.0. The van der Waals surface area contributed by atoms with Crippen molar-refractivity contribution in [3.05, 3.63) is 69.2 Å². The van der Waals surface area contributed by atoms with E-state index in [1.165, 1.54) is 11.3 Å². The molecule has 6 N–H and O–H groups in total. The lowest BCUT2D eigenvalue weighted by atomic mass is 10.0. The van der Waals surface area contributed by atoms with E-state index in [1.54, 1.807) is 7.05 Å². The number of aliphatic imine (C=N–C) groups is 1. The Morgan fingerprint density at radius 1 is 1.17 bits per heavy atom. The van der Waals surface area contributed by atoms with Crippen LogP contribution < -0.4 is 21.7 Å². The zero-order chi connectivity index (χ0) is 25.2. The Morgan fingerprint density at radius 3 is 2.61 bits per heavy atom. The maximum absolute atomic E-state index is 13.4. The van der Waals surface area contributed by atoms with Crippen LogP contribution in [0.4, 0.5) is 17.1 Å². The minimum absolute atomic E-state index is 0.222. The molecular formula is C27H31N7OS. The number of rotatable bonds is 10. The minimum atomic E-state index is -0.247. The van der Waals surface area contributed by atoms with Crippen LogP contribution in [0.25, 0.3) is 0 Å². The Labute approximate surface area is 215 Å². The smallest absolute Gasteiger partial charge is 0.258 e. The first kappa shape index (κ1) is 24.0. The fourth-order valence-electron chi connectivity index (χ4n) is 4.16. The average Bonchev–Trinajstić information content (AvgIpc) is 3.80. The second kappa shape index (κ2) is 10.1. The van der Waals surface area contributed by atoms with Gasteiger partial charge in [0.1, 0.15) is 5.84 Å². The molecule has 0 aliphatic heterocycles. The Hall–Kier alpha value is -3.72. The van der Waals surface area contributed by atoms with Gasteiger partial charge < -0.3 is 27.1 Å². The number of hydrogen-bond acceptors (Lipinski definition) is 7. The van der Waals surface area contributed by atoms with Gasteiger partial charge in [-0.25, -0.2) is 0 Å². The summed E-state index contributed by atoms with van der Waals surface area (Å²) in [6.45, 7) is 2.50. The highest BCUT2D eigenvalue weighted by molar-refractivity contribution is 7.13. The molecule has 186 valence electrons. The summed E-state index contributed by atoms with van der Waals surface area (Å²) in [6.07, 6.45) is 4.12. The van der Waals surface area contributed by atoms with Crippen LogP contribution in [0.15, 0.2) is 46.8 Å². The van der Waals surface area contributed by atoms with Crippen LogP contribution in [-0.2, 0) is 6.54 Å². The van der Waals surface area contributed by atoms with Crippen molar-refractivity contribution in [2.24, 2.45) is 16.6 Å². The first-order valence-corrected chi connectivity index (χ1v) is 13.1. The molecule has 2 aliphatic rings. The number of carbonyl (C=O) groups is 1. The maximum atomic E-state index is 13.4. The number of nitrogens with two attached hydrogens (primary N) is 1. The zero-order valence-corrected chi connectivity index (χ0v) is 21.3. The minimum Gasteiger partial charge on any atom is -0.386 e. The van der Waals surface area contributed by atoms with Crippen LogP contribution in [0.1, 0.15) is 57.9 Å². The highest BCUT2D eigenvalue weighted by Gasteiger charge is 2.31. The molecule has 1 aromatic carbocycles. The summed E-state index contributed by atoms with van der Waals surface area (Å²) >= 11 is 1.41. The number of carbonyl (C=O) groups excluding carboxylic acids is 1. The van der Waals surface area contributed by atoms with Crippen molar-refractivity contribution >= 4 is 45.9 Å². The van der Waals surface area contributed by atoms with Gasteiger partial charge in [0.2, 0.25) is 0 Å². The highest BCUT2D eigenvalue weighted by Crippen LogP contribution is 2.38. The number of aryl methyl sites for hydroxylation is 1.